The van der Waals surface area contributed by atoms with Crippen molar-refractivity contribution in [3.63, 3.8) is 0 Å². The number of carbonyl (C=O) groups excluding carboxylic acids is 2. The number of sulfonamides is 1. The van der Waals surface area contributed by atoms with Crippen molar-refractivity contribution >= 4 is 27.5 Å². The molecule has 0 saturated carbocycles. The van der Waals surface area contributed by atoms with Crippen LogP contribution in [0.15, 0.2) is 108 Å². The number of rotatable bonds is 14. The number of nitrogens with zero attached hydrogens (tertiary/aromatic N) is 1. The number of hydrogen-bond acceptors (Lipinski definition) is 6. The summed E-state index contributed by atoms with van der Waals surface area (Å²) in [6.07, 6.45) is 0. The Morgan fingerprint density at radius 3 is 2.07 bits per heavy atom. The summed E-state index contributed by atoms with van der Waals surface area (Å²) in [7, 11) is -2.38. The van der Waals surface area contributed by atoms with E-state index in [1.807, 2.05) is 44.2 Å². The lowest BCUT2D eigenvalue weighted by molar-refractivity contribution is -0.143. The van der Waals surface area contributed by atoms with E-state index in [9.17, 15) is 22.4 Å². The number of anilines is 1. The van der Waals surface area contributed by atoms with Gasteiger partial charge >= 0.3 is 0 Å². The van der Waals surface area contributed by atoms with Crippen LogP contribution in [-0.4, -0.2) is 45.4 Å². The Hall–Kier alpha value is -4.90. The average Bonchev–Trinajstić information content (AvgIpc) is 3.04. The molecular weight excluding hydrogens is 597 g/mol. The number of hydrogen-bond donors (Lipinski definition) is 2. The maximum Gasteiger partial charge on any atom is 0.261 e. The topological polar surface area (TPSA) is 114 Å². The molecule has 0 fully saturated rings. The van der Waals surface area contributed by atoms with Gasteiger partial charge in [-0.25, -0.2) is 12.8 Å². The molecule has 4 aromatic carbocycles. The van der Waals surface area contributed by atoms with Gasteiger partial charge in [-0.2, -0.15) is 0 Å². The molecule has 1 atom stereocenters. The first-order valence-electron chi connectivity index (χ1n) is 14.3. The van der Waals surface area contributed by atoms with Crippen LogP contribution in [0.4, 0.5) is 10.1 Å². The van der Waals surface area contributed by atoms with Crippen molar-refractivity contribution in [3.8, 4) is 11.5 Å². The zero-order valence-electron chi connectivity index (χ0n) is 25.3. The van der Waals surface area contributed by atoms with Crippen LogP contribution in [-0.2, 0) is 26.2 Å². The predicted octanol–water partition coefficient (Wildman–Crippen LogP) is 5.56. The molecule has 4 rings (SSSR count). The molecule has 0 radical (unpaired) electrons. The molecule has 0 bridgehead atoms. The third-order valence-corrected chi connectivity index (χ3v) is 8.18. The lowest BCUT2D eigenvalue weighted by Crippen LogP contribution is -2.45. The number of carbonyl (C=O) groups is 2. The highest BCUT2D eigenvalue weighted by Gasteiger charge is 2.32. The van der Waals surface area contributed by atoms with Crippen molar-refractivity contribution in [3.05, 3.63) is 120 Å². The highest BCUT2D eigenvalue weighted by Crippen LogP contribution is 2.26. The van der Waals surface area contributed by atoms with Crippen LogP contribution in [0, 0.1) is 11.7 Å². The lowest BCUT2D eigenvalue weighted by Gasteiger charge is -2.32. The fourth-order valence-corrected chi connectivity index (χ4v) is 5.49. The Morgan fingerprint density at radius 1 is 0.844 bits per heavy atom. The van der Waals surface area contributed by atoms with E-state index in [-0.39, 0.29) is 34.7 Å². The molecule has 0 aromatic heterocycles. The molecule has 0 heterocycles. The van der Waals surface area contributed by atoms with E-state index in [1.165, 1.54) is 41.3 Å². The smallest absolute Gasteiger partial charge is 0.261 e. The summed E-state index contributed by atoms with van der Waals surface area (Å²) in [6, 6.07) is 25.8. The second kappa shape index (κ2) is 15.2. The largest absolute Gasteiger partial charge is 0.497 e. The molecule has 9 nitrogen and oxygen atoms in total. The van der Waals surface area contributed by atoms with Gasteiger partial charge in [-0.15, -0.1) is 0 Å². The fourth-order valence-electron chi connectivity index (χ4n) is 4.44. The Labute approximate surface area is 263 Å². The number of halogens is 1. The van der Waals surface area contributed by atoms with Crippen LogP contribution in [0.2, 0.25) is 0 Å². The molecule has 45 heavy (non-hydrogen) atoms. The Bertz CT molecular complexity index is 1660. The summed E-state index contributed by atoms with van der Waals surface area (Å²) in [4.78, 5) is 28.8. The lowest BCUT2D eigenvalue weighted by atomic mass is 10.0. The van der Waals surface area contributed by atoms with Gasteiger partial charge in [0.1, 0.15) is 23.4 Å². The van der Waals surface area contributed by atoms with E-state index < -0.39 is 34.4 Å². The molecule has 0 saturated heterocycles. The van der Waals surface area contributed by atoms with Crippen LogP contribution >= 0.6 is 0 Å². The summed E-state index contributed by atoms with van der Waals surface area (Å²) >= 11 is 0. The zero-order valence-corrected chi connectivity index (χ0v) is 26.1. The van der Waals surface area contributed by atoms with Crippen molar-refractivity contribution in [1.82, 2.24) is 10.2 Å². The van der Waals surface area contributed by atoms with E-state index in [1.54, 1.807) is 31.4 Å². The number of ether oxygens (including phenoxy) is 2. The second-order valence-electron chi connectivity index (χ2n) is 10.7. The quantitative estimate of drug-likeness (QED) is 0.188. The van der Waals surface area contributed by atoms with Gasteiger partial charge in [0.05, 0.1) is 12.0 Å². The van der Waals surface area contributed by atoms with Crippen LogP contribution < -0.4 is 19.5 Å². The van der Waals surface area contributed by atoms with E-state index >= 15 is 0 Å². The van der Waals surface area contributed by atoms with Crippen LogP contribution in [0.1, 0.15) is 31.0 Å². The van der Waals surface area contributed by atoms with E-state index in [4.69, 9.17) is 9.47 Å². The Balaban J connectivity index is 1.55. The summed E-state index contributed by atoms with van der Waals surface area (Å²) < 4.78 is 52.2. The second-order valence-corrected chi connectivity index (χ2v) is 12.4. The predicted molar refractivity (Wildman–Crippen MR) is 170 cm³/mol. The molecule has 0 spiro atoms. The highest BCUT2D eigenvalue weighted by atomic mass is 32.2. The van der Waals surface area contributed by atoms with E-state index in [2.05, 4.69) is 10.0 Å². The zero-order chi connectivity index (χ0) is 32.4. The molecule has 2 N–H and O–H groups in total. The third-order valence-electron chi connectivity index (χ3n) is 6.78. The summed E-state index contributed by atoms with van der Waals surface area (Å²) in [6.45, 7) is 4.13. The number of amides is 2. The van der Waals surface area contributed by atoms with Crippen molar-refractivity contribution in [1.29, 1.82) is 0 Å². The van der Waals surface area contributed by atoms with Crippen molar-refractivity contribution < 1.29 is 31.9 Å². The van der Waals surface area contributed by atoms with Gasteiger partial charge < -0.3 is 19.7 Å². The van der Waals surface area contributed by atoms with Gasteiger partial charge in [-0.05, 0) is 77.7 Å². The number of methoxy groups -OCH3 is 1. The standard InChI is InChI=1S/C34H36FN3O6S/c1-24(2)21-36-34(40)33(26-7-5-4-6-8-26)38(22-25-9-15-29(43-3)16-10-25)32(39)23-44-30-17-19-31(20-18-30)45(41,42)37-28-13-11-27(35)12-14-28/h4-20,24,33,37H,21-23H2,1-3H3,(H,36,40). The molecule has 2 amide bonds. The van der Waals surface area contributed by atoms with Crippen molar-refractivity contribution in [2.45, 2.75) is 31.3 Å². The minimum absolute atomic E-state index is 0.0439. The van der Waals surface area contributed by atoms with Gasteiger partial charge in [-0.1, -0.05) is 56.3 Å². The first kappa shape index (κ1) is 33.0. The molecule has 0 aliphatic rings. The van der Waals surface area contributed by atoms with Crippen LogP contribution in [0.25, 0.3) is 0 Å². The number of benzene rings is 4. The minimum Gasteiger partial charge on any atom is -0.497 e. The first-order chi connectivity index (χ1) is 21.6. The molecule has 4 aromatic rings. The van der Waals surface area contributed by atoms with Crippen molar-refractivity contribution in [2.75, 3.05) is 25.0 Å². The monoisotopic (exact) mass is 633 g/mol. The fraction of sp³-hybridized carbons (Fsp3) is 0.235. The Kier molecular flexibility index (Phi) is 11.2. The number of nitrogens with one attached hydrogen (secondary N) is 2. The maximum atomic E-state index is 13.8. The molecule has 11 heteroatoms. The third kappa shape index (κ3) is 9.29. The molecular formula is C34H36FN3O6S. The van der Waals surface area contributed by atoms with Gasteiger partial charge in [-0.3, -0.25) is 14.3 Å². The molecule has 0 aliphatic heterocycles. The minimum atomic E-state index is -3.95. The maximum absolute atomic E-state index is 13.8. The van der Waals surface area contributed by atoms with Gasteiger partial charge in [0.2, 0.25) is 5.91 Å². The molecule has 0 aliphatic carbocycles. The summed E-state index contributed by atoms with van der Waals surface area (Å²) in [5.74, 6) is -0.129. The average molecular weight is 634 g/mol. The molecule has 236 valence electrons. The summed E-state index contributed by atoms with van der Waals surface area (Å²) in [5.41, 5.74) is 1.64. The Morgan fingerprint density at radius 2 is 1.47 bits per heavy atom. The highest BCUT2D eigenvalue weighted by molar-refractivity contribution is 7.92. The van der Waals surface area contributed by atoms with Gasteiger partial charge in [0.25, 0.3) is 15.9 Å². The summed E-state index contributed by atoms with van der Waals surface area (Å²) in [5, 5.41) is 2.96. The van der Waals surface area contributed by atoms with Crippen LogP contribution in [0.3, 0.4) is 0 Å². The van der Waals surface area contributed by atoms with Gasteiger partial charge in [0.15, 0.2) is 6.61 Å². The SMILES string of the molecule is COc1ccc(CN(C(=O)COc2ccc(S(=O)(=O)Nc3ccc(F)cc3)cc2)C(C(=O)NCC(C)C)c2ccccc2)cc1. The molecule has 1 unspecified atom stereocenters. The van der Waals surface area contributed by atoms with Gasteiger partial charge in [0, 0.05) is 18.8 Å². The van der Waals surface area contributed by atoms with E-state index in [0.717, 1.165) is 17.7 Å². The van der Waals surface area contributed by atoms with Crippen molar-refractivity contribution in [2.24, 2.45) is 5.92 Å². The van der Waals surface area contributed by atoms with Crippen LogP contribution in [0.5, 0.6) is 11.5 Å². The van der Waals surface area contributed by atoms with E-state index in [0.29, 0.717) is 17.9 Å². The first-order valence-corrected chi connectivity index (χ1v) is 15.8. The normalized spacial score (nSPS) is 11.8.